The van der Waals surface area contributed by atoms with Crippen LogP contribution in [0.15, 0.2) is 72.9 Å². The molecule has 7 heteroatoms. The van der Waals surface area contributed by atoms with E-state index < -0.39 is 5.97 Å². The Morgan fingerprint density at radius 1 is 1.06 bits per heavy atom. The molecule has 4 rings (SSSR count). The number of aromatic nitrogens is 1. The van der Waals surface area contributed by atoms with Gasteiger partial charge in [-0.1, -0.05) is 50.2 Å². The van der Waals surface area contributed by atoms with Crippen molar-refractivity contribution >= 4 is 22.8 Å². The molecule has 0 atom stereocenters. The first-order valence-corrected chi connectivity index (χ1v) is 11.9. The predicted molar refractivity (Wildman–Crippen MR) is 137 cm³/mol. The number of aromatic amines is 1. The van der Waals surface area contributed by atoms with Crippen LogP contribution >= 0.6 is 0 Å². The number of carboxylic acids is 1. The summed E-state index contributed by atoms with van der Waals surface area (Å²) in [5.74, 6) is -1.43. The lowest BCUT2D eigenvalue weighted by Gasteiger charge is -2.23. The van der Waals surface area contributed by atoms with Crippen LogP contribution in [0.5, 0.6) is 5.75 Å². The molecule has 6 nitrogen and oxygen atoms in total. The maximum atomic E-state index is 13.4. The smallest absolute Gasteiger partial charge is 0.339 e. The summed E-state index contributed by atoms with van der Waals surface area (Å²) < 4.78 is 19.1. The Hall–Kier alpha value is -4.13. The highest BCUT2D eigenvalue weighted by atomic mass is 19.1. The van der Waals surface area contributed by atoms with Gasteiger partial charge in [-0.25, -0.2) is 9.18 Å². The molecule has 0 bridgehead atoms. The Bertz CT molecular complexity index is 1360. The highest BCUT2D eigenvalue weighted by Gasteiger charge is 2.19. The van der Waals surface area contributed by atoms with Crippen LogP contribution in [0.25, 0.3) is 10.9 Å². The topological polar surface area (TPSA) is 82.6 Å². The fraction of sp³-hybridized carbons (Fsp3) is 0.241. The molecule has 4 aromatic rings. The molecule has 0 aliphatic carbocycles. The standard InChI is InChI=1S/C29H29FN2O4/c1-19(2)21-9-12-27(25(15-21)29(34)35)36-18-28(33)32(17-20-7-10-23(30)11-8-20)14-13-22-16-31-26-6-4-3-5-24(22)26/h3-12,15-16,19,31H,13-14,17-18H2,1-2H3,(H,34,35). The number of amides is 1. The van der Waals surface area contributed by atoms with E-state index in [-0.39, 0.29) is 42.1 Å². The molecule has 0 spiro atoms. The van der Waals surface area contributed by atoms with E-state index >= 15 is 0 Å². The van der Waals surface area contributed by atoms with E-state index in [4.69, 9.17) is 4.74 Å². The van der Waals surface area contributed by atoms with Gasteiger partial charge in [-0.05, 0) is 59.4 Å². The van der Waals surface area contributed by atoms with Gasteiger partial charge < -0.3 is 19.7 Å². The van der Waals surface area contributed by atoms with Crippen molar-refractivity contribution in [2.45, 2.75) is 32.7 Å². The summed E-state index contributed by atoms with van der Waals surface area (Å²) in [5.41, 5.74) is 3.80. The molecular formula is C29H29FN2O4. The van der Waals surface area contributed by atoms with Crippen LogP contribution in [-0.4, -0.2) is 40.0 Å². The lowest BCUT2D eigenvalue weighted by molar-refractivity contribution is -0.134. The molecule has 1 heterocycles. The summed E-state index contributed by atoms with van der Waals surface area (Å²) in [5, 5.41) is 10.7. The fourth-order valence-electron chi connectivity index (χ4n) is 4.13. The van der Waals surface area contributed by atoms with E-state index in [2.05, 4.69) is 4.98 Å². The number of carbonyl (C=O) groups is 2. The van der Waals surface area contributed by atoms with Crippen LogP contribution < -0.4 is 4.74 Å². The zero-order chi connectivity index (χ0) is 25.7. The van der Waals surface area contributed by atoms with E-state index in [0.29, 0.717) is 13.0 Å². The molecule has 1 aromatic heterocycles. The first-order valence-electron chi connectivity index (χ1n) is 11.9. The fourth-order valence-corrected chi connectivity index (χ4v) is 4.13. The number of hydrogen-bond donors (Lipinski definition) is 2. The van der Waals surface area contributed by atoms with Crippen molar-refractivity contribution < 1.29 is 23.8 Å². The number of nitrogens with zero attached hydrogens (tertiary/aromatic N) is 1. The maximum Gasteiger partial charge on any atom is 0.339 e. The average molecular weight is 489 g/mol. The highest BCUT2D eigenvalue weighted by Crippen LogP contribution is 2.25. The van der Waals surface area contributed by atoms with Crippen molar-refractivity contribution in [3.63, 3.8) is 0 Å². The molecule has 0 saturated heterocycles. The molecule has 1 amide bonds. The molecule has 0 radical (unpaired) electrons. The van der Waals surface area contributed by atoms with Crippen molar-refractivity contribution in [1.29, 1.82) is 0 Å². The molecule has 0 aliphatic rings. The number of ether oxygens (including phenoxy) is 1. The molecule has 36 heavy (non-hydrogen) atoms. The van der Waals surface area contributed by atoms with Gasteiger partial charge in [-0.3, -0.25) is 4.79 Å². The number of carboxylic acid groups (broad SMARTS) is 1. The van der Waals surface area contributed by atoms with Crippen LogP contribution in [0.1, 0.15) is 46.8 Å². The van der Waals surface area contributed by atoms with E-state index in [1.165, 1.54) is 12.1 Å². The third-order valence-corrected chi connectivity index (χ3v) is 6.22. The number of aromatic carboxylic acids is 1. The first-order chi connectivity index (χ1) is 17.3. The Balaban J connectivity index is 1.51. The summed E-state index contributed by atoms with van der Waals surface area (Å²) in [6.07, 6.45) is 2.55. The Morgan fingerprint density at radius 2 is 1.81 bits per heavy atom. The number of fused-ring (bicyclic) bond motifs is 1. The molecule has 2 N–H and O–H groups in total. The van der Waals surface area contributed by atoms with Crippen molar-refractivity contribution in [2.24, 2.45) is 0 Å². The van der Waals surface area contributed by atoms with Gasteiger partial charge in [0.15, 0.2) is 6.61 Å². The molecule has 0 fully saturated rings. The number of benzene rings is 3. The number of carbonyl (C=O) groups excluding carboxylic acids is 1. The lowest BCUT2D eigenvalue weighted by atomic mass is 10.0. The van der Waals surface area contributed by atoms with Crippen molar-refractivity contribution in [1.82, 2.24) is 9.88 Å². The number of nitrogens with one attached hydrogen (secondary N) is 1. The quantitative estimate of drug-likeness (QED) is 0.297. The minimum absolute atomic E-state index is 0.0258. The second kappa shape index (κ2) is 11.1. The monoisotopic (exact) mass is 488 g/mol. The number of H-pyrrole nitrogens is 1. The van der Waals surface area contributed by atoms with E-state index in [1.54, 1.807) is 29.2 Å². The first kappa shape index (κ1) is 25.0. The maximum absolute atomic E-state index is 13.4. The number of hydrogen-bond acceptors (Lipinski definition) is 3. The lowest BCUT2D eigenvalue weighted by Crippen LogP contribution is -2.36. The van der Waals surface area contributed by atoms with Crippen LogP contribution in [0.2, 0.25) is 0 Å². The van der Waals surface area contributed by atoms with Gasteiger partial charge >= 0.3 is 5.97 Å². The van der Waals surface area contributed by atoms with Gasteiger partial charge in [0.1, 0.15) is 17.1 Å². The van der Waals surface area contributed by atoms with E-state index in [1.807, 2.05) is 50.4 Å². The second-order valence-corrected chi connectivity index (χ2v) is 9.06. The molecular weight excluding hydrogens is 459 g/mol. The van der Waals surface area contributed by atoms with Gasteiger partial charge in [0.25, 0.3) is 5.91 Å². The third kappa shape index (κ3) is 5.92. The minimum atomic E-state index is -1.11. The van der Waals surface area contributed by atoms with E-state index in [0.717, 1.165) is 27.6 Å². The van der Waals surface area contributed by atoms with Crippen LogP contribution in [-0.2, 0) is 17.8 Å². The van der Waals surface area contributed by atoms with Crippen molar-refractivity contribution in [3.05, 3.63) is 101 Å². The molecule has 0 aliphatic heterocycles. The summed E-state index contributed by atoms with van der Waals surface area (Å²) >= 11 is 0. The zero-order valence-electron chi connectivity index (χ0n) is 20.3. The predicted octanol–water partition coefficient (Wildman–Crippen LogP) is 5.78. The minimum Gasteiger partial charge on any atom is -0.483 e. The Morgan fingerprint density at radius 3 is 2.53 bits per heavy atom. The van der Waals surface area contributed by atoms with Gasteiger partial charge in [0, 0.05) is 30.2 Å². The summed E-state index contributed by atoms with van der Waals surface area (Å²) in [7, 11) is 0. The van der Waals surface area contributed by atoms with Crippen LogP contribution in [0.3, 0.4) is 0 Å². The second-order valence-electron chi connectivity index (χ2n) is 9.06. The zero-order valence-corrected chi connectivity index (χ0v) is 20.3. The Labute approximate surface area is 209 Å². The highest BCUT2D eigenvalue weighted by molar-refractivity contribution is 5.91. The van der Waals surface area contributed by atoms with Gasteiger partial charge in [-0.2, -0.15) is 0 Å². The Kier molecular flexibility index (Phi) is 7.68. The molecule has 3 aromatic carbocycles. The summed E-state index contributed by atoms with van der Waals surface area (Å²) in [6.45, 7) is 4.34. The summed E-state index contributed by atoms with van der Waals surface area (Å²) in [6, 6.07) is 19.0. The number of rotatable bonds is 10. The third-order valence-electron chi connectivity index (χ3n) is 6.22. The van der Waals surface area contributed by atoms with E-state index in [9.17, 15) is 19.1 Å². The summed E-state index contributed by atoms with van der Waals surface area (Å²) in [4.78, 5) is 29.9. The molecule has 0 saturated carbocycles. The average Bonchev–Trinajstić information content (AvgIpc) is 3.29. The molecule has 186 valence electrons. The SMILES string of the molecule is CC(C)c1ccc(OCC(=O)N(CCc2c[nH]c3ccccc23)Cc2ccc(F)cc2)c(C(=O)O)c1. The van der Waals surface area contributed by atoms with Crippen molar-refractivity contribution in [2.75, 3.05) is 13.2 Å². The normalized spacial score (nSPS) is 11.1. The van der Waals surface area contributed by atoms with Crippen molar-refractivity contribution in [3.8, 4) is 5.75 Å². The van der Waals surface area contributed by atoms with Gasteiger partial charge in [-0.15, -0.1) is 0 Å². The largest absolute Gasteiger partial charge is 0.483 e. The number of halogens is 1. The molecule has 0 unspecified atom stereocenters. The number of para-hydroxylation sites is 1. The van der Waals surface area contributed by atoms with Crippen LogP contribution in [0.4, 0.5) is 4.39 Å². The van der Waals surface area contributed by atoms with Gasteiger partial charge in [0.2, 0.25) is 0 Å². The van der Waals surface area contributed by atoms with Crippen LogP contribution in [0, 0.1) is 5.82 Å². The van der Waals surface area contributed by atoms with Gasteiger partial charge in [0.05, 0.1) is 0 Å².